The van der Waals surface area contributed by atoms with E-state index in [-0.39, 0.29) is 12.2 Å². The third-order valence-electron chi connectivity index (χ3n) is 3.01. The Balaban J connectivity index is 2.08. The first-order chi connectivity index (χ1) is 8.22. The van der Waals surface area contributed by atoms with Gasteiger partial charge in [-0.05, 0) is 24.1 Å². The Morgan fingerprint density at radius 3 is 2.71 bits per heavy atom. The molecule has 0 aromatic heterocycles. The lowest BCUT2D eigenvalue weighted by Crippen LogP contribution is -2.04. The number of carbonyl (C=O) groups excluding carboxylic acids is 1. The molecule has 3 heteroatoms. The molecule has 1 atom stereocenters. The van der Waals surface area contributed by atoms with Gasteiger partial charge in [-0.25, -0.2) is 0 Å². The maximum Gasteiger partial charge on any atom is 0.162 e. The molecule has 1 aromatic carbocycles. The second kappa shape index (κ2) is 5.52. The van der Waals surface area contributed by atoms with Crippen molar-refractivity contribution in [3.8, 4) is 0 Å². The van der Waals surface area contributed by atoms with E-state index in [0.717, 1.165) is 22.5 Å². The van der Waals surface area contributed by atoms with Crippen molar-refractivity contribution >= 4 is 17.5 Å². The number of Topliss-reactive ketones (excluding diaryl/α,β-unsaturated/α-hetero) is 1. The van der Waals surface area contributed by atoms with Crippen molar-refractivity contribution in [3.63, 3.8) is 0 Å². The van der Waals surface area contributed by atoms with Crippen molar-refractivity contribution in [2.24, 2.45) is 0 Å². The van der Waals surface area contributed by atoms with Crippen LogP contribution in [0.15, 0.2) is 46.4 Å². The highest BCUT2D eigenvalue weighted by Crippen LogP contribution is 2.30. The number of aliphatic hydroxyl groups is 1. The minimum atomic E-state index is -0.543. The van der Waals surface area contributed by atoms with Gasteiger partial charge >= 0.3 is 0 Å². The zero-order valence-electron chi connectivity index (χ0n) is 9.85. The van der Waals surface area contributed by atoms with Crippen molar-refractivity contribution in [2.45, 2.75) is 30.8 Å². The lowest BCUT2D eigenvalue weighted by molar-refractivity contribution is -0.115. The second-order valence-electron chi connectivity index (χ2n) is 4.10. The summed E-state index contributed by atoms with van der Waals surface area (Å²) in [5, 5.41) is 9.74. The molecule has 1 unspecified atom stereocenters. The molecule has 90 valence electrons. The molecule has 0 amide bonds. The summed E-state index contributed by atoms with van der Waals surface area (Å²) >= 11 is 1.65. The Hall–Kier alpha value is -1.06. The van der Waals surface area contributed by atoms with Crippen molar-refractivity contribution in [2.75, 3.05) is 5.75 Å². The quantitative estimate of drug-likeness (QED) is 0.833. The molecule has 17 heavy (non-hydrogen) atoms. The van der Waals surface area contributed by atoms with Gasteiger partial charge in [0.2, 0.25) is 0 Å². The summed E-state index contributed by atoms with van der Waals surface area (Å²) in [6.07, 6.45) is 0.490. The first-order valence-corrected chi connectivity index (χ1v) is 6.82. The fourth-order valence-electron chi connectivity index (χ4n) is 2.10. The Morgan fingerprint density at radius 2 is 2.06 bits per heavy atom. The van der Waals surface area contributed by atoms with Gasteiger partial charge < -0.3 is 5.11 Å². The molecule has 1 N–H and O–H groups in total. The highest BCUT2D eigenvalue weighted by molar-refractivity contribution is 7.99. The van der Waals surface area contributed by atoms with Crippen molar-refractivity contribution < 1.29 is 9.90 Å². The van der Waals surface area contributed by atoms with E-state index in [1.807, 2.05) is 37.3 Å². The van der Waals surface area contributed by atoms with Gasteiger partial charge in [-0.1, -0.05) is 25.1 Å². The van der Waals surface area contributed by atoms with Crippen molar-refractivity contribution in [3.05, 3.63) is 41.5 Å². The molecule has 0 saturated carbocycles. The Kier molecular flexibility index (Phi) is 4.02. The predicted octanol–water partition coefficient (Wildman–Crippen LogP) is 2.82. The third-order valence-corrected chi connectivity index (χ3v) is 4.05. The van der Waals surface area contributed by atoms with Crippen LogP contribution < -0.4 is 0 Å². The van der Waals surface area contributed by atoms with Gasteiger partial charge in [0.1, 0.15) is 0 Å². The number of hydrogen-bond donors (Lipinski definition) is 1. The van der Waals surface area contributed by atoms with Crippen LogP contribution in [0.5, 0.6) is 0 Å². The molecule has 0 bridgehead atoms. The molecular weight excluding hydrogens is 232 g/mol. The standard InChI is InChI=1S/C14H16O2S/c1-2-11-12(14(16)8-13(11)15)9-17-10-6-4-3-5-7-10/h3-7,13,15H,2,8-9H2,1H3. The number of hydrogen-bond acceptors (Lipinski definition) is 3. The highest BCUT2D eigenvalue weighted by Gasteiger charge is 2.29. The van der Waals surface area contributed by atoms with Crippen LogP contribution in [0.25, 0.3) is 0 Å². The maximum atomic E-state index is 11.7. The van der Waals surface area contributed by atoms with Gasteiger partial charge in [-0.15, -0.1) is 11.8 Å². The average Bonchev–Trinajstić information content (AvgIpc) is 2.62. The highest BCUT2D eigenvalue weighted by atomic mass is 32.2. The number of thioether (sulfide) groups is 1. The van der Waals surface area contributed by atoms with Crippen LogP contribution in [0.3, 0.4) is 0 Å². The fraction of sp³-hybridized carbons (Fsp3) is 0.357. The molecular formula is C14H16O2S. The molecule has 2 rings (SSSR count). The van der Waals surface area contributed by atoms with E-state index in [9.17, 15) is 9.90 Å². The van der Waals surface area contributed by atoms with Crippen LogP contribution in [0.4, 0.5) is 0 Å². The summed E-state index contributed by atoms with van der Waals surface area (Å²) in [4.78, 5) is 12.9. The largest absolute Gasteiger partial charge is 0.388 e. The Labute approximate surface area is 106 Å². The van der Waals surface area contributed by atoms with Crippen molar-refractivity contribution in [1.29, 1.82) is 0 Å². The van der Waals surface area contributed by atoms with Crippen LogP contribution in [0, 0.1) is 0 Å². The first-order valence-electron chi connectivity index (χ1n) is 5.83. The summed E-state index contributed by atoms with van der Waals surface area (Å²) in [6, 6.07) is 10.0. The molecule has 0 spiro atoms. The number of ketones is 1. The van der Waals surface area contributed by atoms with Crippen LogP contribution in [0.1, 0.15) is 19.8 Å². The van der Waals surface area contributed by atoms with Crippen LogP contribution in [0.2, 0.25) is 0 Å². The number of benzene rings is 1. The topological polar surface area (TPSA) is 37.3 Å². The van der Waals surface area contributed by atoms with E-state index >= 15 is 0 Å². The van der Waals surface area contributed by atoms with Crippen molar-refractivity contribution in [1.82, 2.24) is 0 Å². The smallest absolute Gasteiger partial charge is 0.162 e. The molecule has 0 saturated heterocycles. The SMILES string of the molecule is CCC1=C(CSc2ccccc2)C(=O)CC1O. The molecule has 1 aromatic rings. The zero-order valence-corrected chi connectivity index (χ0v) is 10.7. The monoisotopic (exact) mass is 248 g/mol. The second-order valence-corrected chi connectivity index (χ2v) is 5.15. The molecule has 0 fully saturated rings. The normalized spacial score (nSPS) is 20.1. The van der Waals surface area contributed by atoms with E-state index in [1.165, 1.54) is 0 Å². The molecule has 0 heterocycles. The Bertz CT molecular complexity index is 437. The maximum absolute atomic E-state index is 11.7. The van der Waals surface area contributed by atoms with Crippen LogP contribution >= 0.6 is 11.8 Å². The van der Waals surface area contributed by atoms with E-state index in [4.69, 9.17) is 0 Å². The van der Waals surface area contributed by atoms with Crippen LogP contribution in [-0.2, 0) is 4.79 Å². The van der Waals surface area contributed by atoms with Gasteiger partial charge in [0.15, 0.2) is 5.78 Å². The predicted molar refractivity (Wildman–Crippen MR) is 70.1 cm³/mol. The number of carbonyl (C=O) groups is 1. The zero-order chi connectivity index (χ0) is 12.3. The van der Waals surface area contributed by atoms with E-state index < -0.39 is 6.10 Å². The lowest BCUT2D eigenvalue weighted by Gasteiger charge is -2.06. The fourth-order valence-corrected chi connectivity index (χ4v) is 3.10. The van der Waals surface area contributed by atoms with E-state index in [0.29, 0.717) is 5.75 Å². The van der Waals surface area contributed by atoms with Gasteiger partial charge in [0.05, 0.1) is 6.10 Å². The molecule has 2 nitrogen and oxygen atoms in total. The van der Waals surface area contributed by atoms with Gasteiger partial charge in [0.25, 0.3) is 0 Å². The summed E-state index contributed by atoms with van der Waals surface area (Å²) in [6.45, 7) is 1.99. The van der Waals surface area contributed by atoms with Gasteiger partial charge in [-0.3, -0.25) is 4.79 Å². The number of rotatable bonds is 4. The minimum Gasteiger partial charge on any atom is -0.388 e. The summed E-state index contributed by atoms with van der Waals surface area (Å²) in [5.74, 6) is 0.779. The number of aliphatic hydroxyl groups excluding tert-OH is 1. The molecule has 1 aliphatic carbocycles. The molecule has 1 aliphatic rings. The molecule has 0 aliphatic heterocycles. The average molecular weight is 248 g/mol. The summed E-state index contributed by atoms with van der Waals surface area (Å²) in [5.41, 5.74) is 1.76. The van der Waals surface area contributed by atoms with Gasteiger partial charge in [-0.2, -0.15) is 0 Å². The summed E-state index contributed by atoms with van der Waals surface area (Å²) < 4.78 is 0. The van der Waals surface area contributed by atoms with E-state index in [2.05, 4.69) is 0 Å². The minimum absolute atomic E-state index is 0.109. The first kappa shape index (κ1) is 12.4. The molecule has 0 radical (unpaired) electrons. The third kappa shape index (κ3) is 2.79. The Morgan fingerprint density at radius 1 is 1.35 bits per heavy atom. The summed E-state index contributed by atoms with van der Waals surface area (Å²) in [7, 11) is 0. The van der Waals surface area contributed by atoms with E-state index in [1.54, 1.807) is 11.8 Å². The lowest BCUT2D eigenvalue weighted by atomic mass is 10.1. The van der Waals surface area contributed by atoms with Crippen LogP contribution in [-0.4, -0.2) is 22.7 Å². The van der Waals surface area contributed by atoms with Gasteiger partial charge in [0, 0.05) is 22.6 Å².